The molecular weight excluding hydrogens is 409 g/mol. The number of aliphatic imine (C=N–C) groups is 1. The van der Waals surface area contributed by atoms with E-state index in [1.54, 1.807) is 7.11 Å². The summed E-state index contributed by atoms with van der Waals surface area (Å²) in [7, 11) is 1.67. The normalized spacial score (nSPS) is 17.8. The van der Waals surface area contributed by atoms with Gasteiger partial charge in [-0.3, -0.25) is 4.99 Å². The molecule has 1 atom stereocenters. The number of ether oxygens (including phenoxy) is 3. The maximum absolute atomic E-state index is 5.91. The van der Waals surface area contributed by atoms with E-state index in [2.05, 4.69) is 10.3 Å². The van der Waals surface area contributed by atoms with Gasteiger partial charge in [0.15, 0.2) is 5.96 Å². The molecule has 1 unspecified atom stereocenters. The summed E-state index contributed by atoms with van der Waals surface area (Å²) in [5, 5.41) is 3.11. The zero-order chi connectivity index (χ0) is 15.6. The maximum atomic E-state index is 5.91. The average molecular weight is 435 g/mol. The number of anilines is 1. The Morgan fingerprint density at radius 2 is 2.26 bits per heavy atom. The van der Waals surface area contributed by atoms with E-state index in [0.717, 1.165) is 30.7 Å². The van der Waals surface area contributed by atoms with Gasteiger partial charge in [0.25, 0.3) is 0 Å². The zero-order valence-corrected chi connectivity index (χ0v) is 15.8. The summed E-state index contributed by atoms with van der Waals surface area (Å²) in [5.74, 6) is 0.410. The van der Waals surface area contributed by atoms with Gasteiger partial charge < -0.3 is 25.3 Å². The summed E-state index contributed by atoms with van der Waals surface area (Å²) >= 11 is 0. The molecule has 1 saturated heterocycles. The second kappa shape index (κ2) is 11.6. The summed E-state index contributed by atoms with van der Waals surface area (Å²) in [6, 6.07) is 7.87. The minimum Gasteiger partial charge on any atom is -0.380 e. The lowest BCUT2D eigenvalue weighted by Crippen LogP contribution is -2.24. The Bertz CT molecular complexity index is 479. The summed E-state index contributed by atoms with van der Waals surface area (Å²) < 4.78 is 16.1. The van der Waals surface area contributed by atoms with Gasteiger partial charge in [-0.05, 0) is 18.9 Å². The van der Waals surface area contributed by atoms with Crippen molar-refractivity contribution in [3.05, 3.63) is 29.8 Å². The van der Waals surface area contributed by atoms with Crippen molar-refractivity contribution in [1.29, 1.82) is 0 Å². The average Bonchev–Trinajstić information content (AvgIpc) is 3.02. The van der Waals surface area contributed by atoms with Crippen LogP contribution in [0.1, 0.15) is 18.4 Å². The van der Waals surface area contributed by atoms with E-state index in [4.69, 9.17) is 19.9 Å². The van der Waals surface area contributed by atoms with E-state index in [9.17, 15) is 0 Å². The molecular formula is C16H26IN3O3. The smallest absolute Gasteiger partial charge is 0.193 e. The topological polar surface area (TPSA) is 78.1 Å². The van der Waals surface area contributed by atoms with Crippen LogP contribution in [0.4, 0.5) is 5.69 Å². The fourth-order valence-electron chi connectivity index (χ4n) is 2.26. The Hall–Kier alpha value is -0.900. The van der Waals surface area contributed by atoms with Crippen LogP contribution in [0.5, 0.6) is 0 Å². The van der Waals surface area contributed by atoms with Crippen LogP contribution in [0.2, 0.25) is 0 Å². The van der Waals surface area contributed by atoms with Crippen molar-refractivity contribution in [2.45, 2.75) is 25.6 Å². The summed E-state index contributed by atoms with van der Waals surface area (Å²) in [6.45, 7) is 3.38. The molecule has 0 bridgehead atoms. The maximum Gasteiger partial charge on any atom is 0.193 e. The first-order chi connectivity index (χ1) is 10.8. The monoisotopic (exact) mass is 435 g/mol. The molecule has 0 amide bonds. The third-order valence-corrected chi connectivity index (χ3v) is 3.41. The van der Waals surface area contributed by atoms with Crippen LogP contribution in [0.25, 0.3) is 0 Å². The van der Waals surface area contributed by atoms with Gasteiger partial charge in [0.05, 0.1) is 19.3 Å². The van der Waals surface area contributed by atoms with Gasteiger partial charge in [-0.15, -0.1) is 24.0 Å². The highest BCUT2D eigenvalue weighted by Crippen LogP contribution is 2.15. The number of halogens is 1. The van der Waals surface area contributed by atoms with Gasteiger partial charge in [0.1, 0.15) is 0 Å². The predicted molar refractivity (Wildman–Crippen MR) is 102 cm³/mol. The van der Waals surface area contributed by atoms with Crippen molar-refractivity contribution in [2.24, 2.45) is 10.7 Å². The van der Waals surface area contributed by atoms with Crippen LogP contribution in [0, 0.1) is 0 Å². The number of guanidine groups is 1. The van der Waals surface area contributed by atoms with Crippen LogP contribution in [-0.2, 0) is 20.8 Å². The fourth-order valence-corrected chi connectivity index (χ4v) is 2.26. The van der Waals surface area contributed by atoms with E-state index in [0.29, 0.717) is 32.3 Å². The minimum absolute atomic E-state index is 0. The number of para-hydroxylation sites is 1. The molecule has 0 aliphatic carbocycles. The molecule has 3 N–H and O–H groups in total. The van der Waals surface area contributed by atoms with E-state index in [-0.39, 0.29) is 30.1 Å². The van der Waals surface area contributed by atoms with Gasteiger partial charge in [-0.2, -0.15) is 0 Å². The molecule has 0 radical (unpaired) electrons. The molecule has 1 aliphatic heterocycles. The molecule has 6 nitrogen and oxygen atoms in total. The zero-order valence-electron chi connectivity index (χ0n) is 13.5. The van der Waals surface area contributed by atoms with Gasteiger partial charge in [-0.25, -0.2) is 0 Å². The Morgan fingerprint density at radius 3 is 3.00 bits per heavy atom. The number of hydrogen-bond donors (Lipinski definition) is 2. The van der Waals surface area contributed by atoms with Crippen molar-refractivity contribution >= 4 is 35.6 Å². The van der Waals surface area contributed by atoms with E-state index < -0.39 is 0 Å². The van der Waals surface area contributed by atoms with E-state index in [1.165, 1.54) is 0 Å². The molecule has 1 fully saturated rings. The predicted octanol–water partition coefficient (Wildman–Crippen LogP) is 2.37. The third-order valence-electron chi connectivity index (χ3n) is 3.41. The van der Waals surface area contributed by atoms with Crippen LogP contribution in [0.15, 0.2) is 29.3 Å². The third kappa shape index (κ3) is 7.47. The van der Waals surface area contributed by atoms with Crippen molar-refractivity contribution in [1.82, 2.24) is 0 Å². The molecule has 1 aromatic carbocycles. The van der Waals surface area contributed by atoms with Crippen LogP contribution < -0.4 is 11.1 Å². The number of methoxy groups -OCH3 is 1. The first-order valence-corrected chi connectivity index (χ1v) is 7.62. The summed E-state index contributed by atoms with van der Waals surface area (Å²) in [4.78, 5) is 4.32. The highest BCUT2D eigenvalue weighted by molar-refractivity contribution is 14.0. The largest absolute Gasteiger partial charge is 0.380 e. The highest BCUT2D eigenvalue weighted by atomic mass is 127. The van der Waals surface area contributed by atoms with E-state index in [1.807, 2.05) is 24.3 Å². The SMILES string of the molecule is COCc1ccccc1NC(N)=NCCCOC1CCOC1.I. The van der Waals surface area contributed by atoms with Gasteiger partial charge in [0.2, 0.25) is 0 Å². The van der Waals surface area contributed by atoms with Crippen molar-refractivity contribution in [3.63, 3.8) is 0 Å². The first kappa shape index (κ1) is 20.1. The quantitative estimate of drug-likeness (QED) is 0.284. The molecule has 23 heavy (non-hydrogen) atoms. The fraction of sp³-hybridized carbons (Fsp3) is 0.562. The molecule has 0 saturated carbocycles. The molecule has 2 rings (SSSR count). The highest BCUT2D eigenvalue weighted by Gasteiger charge is 2.15. The lowest BCUT2D eigenvalue weighted by Gasteiger charge is -2.11. The van der Waals surface area contributed by atoms with Gasteiger partial charge in [-0.1, -0.05) is 18.2 Å². The van der Waals surface area contributed by atoms with Crippen LogP contribution >= 0.6 is 24.0 Å². The summed E-state index contributed by atoms with van der Waals surface area (Å²) in [6.07, 6.45) is 2.09. The van der Waals surface area contributed by atoms with Crippen molar-refractivity contribution in [3.8, 4) is 0 Å². The molecule has 1 aliphatic rings. The van der Waals surface area contributed by atoms with Crippen LogP contribution in [0.3, 0.4) is 0 Å². The lowest BCUT2D eigenvalue weighted by molar-refractivity contribution is 0.0424. The number of nitrogens with zero attached hydrogens (tertiary/aromatic N) is 1. The van der Waals surface area contributed by atoms with Gasteiger partial charge in [0, 0.05) is 38.1 Å². The Labute approximate surface area is 154 Å². The molecule has 1 heterocycles. The first-order valence-electron chi connectivity index (χ1n) is 7.62. The molecule has 0 spiro atoms. The van der Waals surface area contributed by atoms with Crippen molar-refractivity contribution in [2.75, 3.05) is 38.8 Å². The lowest BCUT2D eigenvalue weighted by atomic mass is 10.2. The van der Waals surface area contributed by atoms with Crippen molar-refractivity contribution < 1.29 is 14.2 Å². The molecule has 0 aromatic heterocycles. The minimum atomic E-state index is 0. The molecule has 7 heteroatoms. The second-order valence-electron chi connectivity index (χ2n) is 5.19. The summed E-state index contributed by atoms with van der Waals surface area (Å²) in [5.41, 5.74) is 7.88. The number of benzene rings is 1. The number of nitrogens with one attached hydrogen (secondary N) is 1. The Morgan fingerprint density at radius 1 is 1.43 bits per heavy atom. The number of hydrogen-bond acceptors (Lipinski definition) is 4. The Balaban J connectivity index is 0.00000264. The number of rotatable bonds is 8. The Kier molecular flexibility index (Phi) is 10.2. The molecule has 1 aromatic rings. The van der Waals surface area contributed by atoms with E-state index >= 15 is 0 Å². The van der Waals surface area contributed by atoms with Crippen LogP contribution in [-0.4, -0.2) is 45.5 Å². The standard InChI is InChI=1S/C16H25N3O3.HI/c1-20-11-13-5-2-3-6-15(13)19-16(17)18-8-4-9-22-14-7-10-21-12-14;/h2-3,5-6,14H,4,7-12H2,1H3,(H3,17,18,19);1H. The van der Waals surface area contributed by atoms with Gasteiger partial charge >= 0.3 is 0 Å². The molecule has 130 valence electrons. The number of nitrogens with two attached hydrogens (primary N) is 1. The second-order valence-corrected chi connectivity index (χ2v) is 5.19.